The molecule has 24 heavy (non-hydrogen) atoms. The Labute approximate surface area is 135 Å². The van der Waals surface area contributed by atoms with Gasteiger partial charge in [-0.15, -0.1) is 0 Å². The Hall–Kier alpha value is -2.76. The van der Waals surface area contributed by atoms with Gasteiger partial charge < -0.3 is 15.3 Å². The Morgan fingerprint density at radius 3 is 2.50 bits per heavy atom. The van der Waals surface area contributed by atoms with Gasteiger partial charge in [0.1, 0.15) is 5.82 Å². The van der Waals surface area contributed by atoms with Crippen molar-refractivity contribution in [3.05, 3.63) is 35.1 Å². The summed E-state index contributed by atoms with van der Waals surface area (Å²) in [6, 6.07) is 1.41. The lowest BCUT2D eigenvalue weighted by atomic mass is 10.0. The third-order valence-corrected chi connectivity index (χ3v) is 3.66. The molecule has 0 bridgehead atoms. The van der Waals surface area contributed by atoms with Gasteiger partial charge in [-0.3, -0.25) is 4.79 Å². The largest absolute Gasteiger partial charge is 0.481 e. The highest BCUT2D eigenvalue weighted by Crippen LogP contribution is 2.18. The van der Waals surface area contributed by atoms with Crippen LogP contribution < -0.4 is 5.32 Å². The number of amides is 2. The van der Waals surface area contributed by atoms with Gasteiger partial charge in [0, 0.05) is 25.2 Å². The highest BCUT2D eigenvalue weighted by molar-refractivity contribution is 5.77. The average molecular weight is 341 g/mol. The van der Waals surface area contributed by atoms with Crippen molar-refractivity contribution in [1.29, 1.82) is 5.26 Å². The Kier molecular flexibility index (Phi) is 5.28. The van der Waals surface area contributed by atoms with Crippen molar-refractivity contribution < 1.29 is 27.9 Å². The van der Waals surface area contributed by atoms with Crippen LogP contribution in [0.4, 0.5) is 18.0 Å². The first-order valence-electron chi connectivity index (χ1n) is 7.10. The van der Waals surface area contributed by atoms with Gasteiger partial charge in [-0.2, -0.15) is 5.26 Å². The van der Waals surface area contributed by atoms with Gasteiger partial charge >= 0.3 is 12.0 Å². The molecule has 1 aliphatic heterocycles. The fourth-order valence-electron chi connectivity index (χ4n) is 2.36. The monoisotopic (exact) mass is 341 g/mol. The minimum atomic E-state index is -1.35. The summed E-state index contributed by atoms with van der Waals surface area (Å²) in [6.45, 7) is 0.448. The third kappa shape index (κ3) is 4.16. The van der Waals surface area contributed by atoms with E-state index in [0.717, 1.165) is 0 Å². The molecule has 1 unspecified atom stereocenters. The lowest BCUT2D eigenvalue weighted by Crippen LogP contribution is -2.55. The number of carboxylic acid groups (broad SMARTS) is 1. The molecule has 1 atom stereocenters. The second-order valence-corrected chi connectivity index (χ2v) is 5.54. The van der Waals surface area contributed by atoms with E-state index in [1.165, 1.54) is 4.90 Å². The number of nitrogens with one attached hydrogen (secondary N) is 1. The average Bonchev–Trinajstić information content (AvgIpc) is 2.42. The molecule has 1 aromatic carbocycles. The highest BCUT2D eigenvalue weighted by Gasteiger charge is 2.32. The van der Waals surface area contributed by atoms with Crippen LogP contribution >= 0.6 is 0 Å². The van der Waals surface area contributed by atoms with Crippen LogP contribution in [0.3, 0.4) is 0 Å². The first kappa shape index (κ1) is 17.6. The van der Waals surface area contributed by atoms with E-state index in [-0.39, 0.29) is 31.0 Å². The molecule has 128 valence electrons. The molecule has 6 nitrogen and oxygen atoms in total. The van der Waals surface area contributed by atoms with Crippen LogP contribution in [-0.2, 0) is 11.2 Å². The quantitative estimate of drug-likeness (QED) is 0.797. The SMILES string of the molecule is N#CC1CN(C(=O)NC(CC(=O)O)Cc2cc(F)c(F)cc2F)C1. The number of carboxylic acids is 1. The van der Waals surface area contributed by atoms with E-state index in [0.29, 0.717) is 12.1 Å². The van der Waals surface area contributed by atoms with Gasteiger partial charge in [-0.05, 0) is 18.1 Å². The zero-order valence-corrected chi connectivity index (χ0v) is 12.4. The second-order valence-electron chi connectivity index (χ2n) is 5.54. The van der Waals surface area contributed by atoms with Crippen molar-refractivity contribution in [2.75, 3.05) is 13.1 Å². The highest BCUT2D eigenvalue weighted by atomic mass is 19.2. The van der Waals surface area contributed by atoms with Crippen LogP contribution in [0.5, 0.6) is 0 Å². The number of urea groups is 1. The topological polar surface area (TPSA) is 93.4 Å². The summed E-state index contributed by atoms with van der Waals surface area (Å²) >= 11 is 0. The number of hydrogen-bond donors (Lipinski definition) is 2. The fourth-order valence-corrected chi connectivity index (χ4v) is 2.36. The summed E-state index contributed by atoms with van der Waals surface area (Å²) in [7, 11) is 0. The number of halogens is 3. The van der Waals surface area contributed by atoms with Gasteiger partial charge in [0.2, 0.25) is 0 Å². The van der Waals surface area contributed by atoms with Gasteiger partial charge in [-0.1, -0.05) is 0 Å². The van der Waals surface area contributed by atoms with Crippen LogP contribution in [0.1, 0.15) is 12.0 Å². The predicted octanol–water partition coefficient (Wildman–Crippen LogP) is 1.65. The molecule has 0 saturated carbocycles. The lowest BCUT2D eigenvalue weighted by Gasteiger charge is -2.36. The summed E-state index contributed by atoms with van der Waals surface area (Å²) in [6.07, 6.45) is -0.823. The lowest BCUT2D eigenvalue weighted by molar-refractivity contribution is -0.137. The summed E-state index contributed by atoms with van der Waals surface area (Å²) in [4.78, 5) is 24.2. The summed E-state index contributed by atoms with van der Waals surface area (Å²) in [5.74, 6) is -5.13. The molecule has 0 aromatic heterocycles. The number of nitrogens with zero attached hydrogens (tertiary/aromatic N) is 2. The Morgan fingerprint density at radius 1 is 1.29 bits per heavy atom. The van der Waals surface area contributed by atoms with Crippen molar-refractivity contribution >= 4 is 12.0 Å². The Balaban J connectivity index is 2.06. The van der Waals surface area contributed by atoms with E-state index in [9.17, 15) is 22.8 Å². The van der Waals surface area contributed by atoms with Crippen molar-refractivity contribution in [2.24, 2.45) is 5.92 Å². The van der Waals surface area contributed by atoms with Crippen LogP contribution in [0.2, 0.25) is 0 Å². The standard InChI is InChI=1S/C15H14F3N3O3/c16-11-4-13(18)12(17)2-9(11)1-10(3-14(22)23)20-15(24)21-6-8(5-19)7-21/h2,4,8,10H,1,3,6-7H2,(H,20,24)(H,22,23). The number of likely N-dealkylation sites (tertiary alicyclic amines) is 1. The first-order valence-corrected chi connectivity index (χ1v) is 7.10. The number of carbonyl (C=O) groups is 2. The molecule has 9 heteroatoms. The molecule has 0 radical (unpaired) electrons. The molecule has 0 aliphatic carbocycles. The Morgan fingerprint density at radius 2 is 1.92 bits per heavy atom. The zero-order valence-electron chi connectivity index (χ0n) is 12.4. The predicted molar refractivity (Wildman–Crippen MR) is 75.3 cm³/mol. The van der Waals surface area contributed by atoms with Gasteiger partial charge in [0.05, 0.1) is 18.4 Å². The van der Waals surface area contributed by atoms with Crippen LogP contribution in [0.25, 0.3) is 0 Å². The molecule has 2 rings (SSSR count). The molecule has 2 N–H and O–H groups in total. The number of rotatable bonds is 5. The molecule has 1 aromatic rings. The summed E-state index contributed by atoms with van der Waals surface area (Å²) in [5.41, 5.74) is -0.237. The number of hydrogen-bond acceptors (Lipinski definition) is 3. The molecule has 1 aliphatic rings. The van der Waals surface area contributed by atoms with Crippen molar-refractivity contribution in [3.63, 3.8) is 0 Å². The van der Waals surface area contributed by atoms with E-state index in [4.69, 9.17) is 10.4 Å². The summed E-state index contributed by atoms with van der Waals surface area (Å²) < 4.78 is 39.8. The number of aliphatic carboxylic acids is 1. The molecule has 1 fully saturated rings. The minimum absolute atomic E-state index is 0.224. The molecule has 0 spiro atoms. The van der Waals surface area contributed by atoms with Crippen LogP contribution in [0.15, 0.2) is 12.1 Å². The zero-order chi connectivity index (χ0) is 17.9. The van der Waals surface area contributed by atoms with Gasteiger partial charge in [-0.25, -0.2) is 18.0 Å². The van der Waals surface area contributed by atoms with E-state index >= 15 is 0 Å². The maximum absolute atomic E-state index is 13.7. The van der Waals surface area contributed by atoms with Crippen molar-refractivity contribution in [3.8, 4) is 6.07 Å². The molecule has 1 saturated heterocycles. The van der Waals surface area contributed by atoms with E-state index in [1.807, 2.05) is 6.07 Å². The smallest absolute Gasteiger partial charge is 0.317 e. The maximum Gasteiger partial charge on any atom is 0.317 e. The second kappa shape index (κ2) is 7.21. The van der Waals surface area contributed by atoms with Crippen molar-refractivity contribution in [2.45, 2.75) is 18.9 Å². The molecule has 1 heterocycles. The van der Waals surface area contributed by atoms with Crippen LogP contribution in [0, 0.1) is 34.7 Å². The van der Waals surface area contributed by atoms with Crippen LogP contribution in [-0.4, -0.2) is 41.1 Å². The summed E-state index contributed by atoms with van der Waals surface area (Å²) in [5, 5.41) is 20.0. The number of nitriles is 1. The fraction of sp³-hybridized carbons (Fsp3) is 0.400. The molecular weight excluding hydrogens is 327 g/mol. The Bertz CT molecular complexity index is 699. The third-order valence-electron chi connectivity index (χ3n) is 3.66. The van der Waals surface area contributed by atoms with Crippen molar-refractivity contribution in [1.82, 2.24) is 10.2 Å². The minimum Gasteiger partial charge on any atom is -0.481 e. The van der Waals surface area contributed by atoms with Gasteiger partial charge in [0.15, 0.2) is 11.6 Å². The van der Waals surface area contributed by atoms with Gasteiger partial charge in [0.25, 0.3) is 0 Å². The van der Waals surface area contributed by atoms with E-state index < -0.39 is 41.9 Å². The molecular formula is C15H14F3N3O3. The van der Waals surface area contributed by atoms with E-state index in [1.54, 1.807) is 0 Å². The number of benzene rings is 1. The maximum atomic E-state index is 13.7. The normalized spacial score (nSPS) is 15.3. The molecule has 2 amide bonds. The number of carbonyl (C=O) groups excluding carboxylic acids is 1. The van der Waals surface area contributed by atoms with E-state index in [2.05, 4.69) is 5.32 Å². The first-order chi connectivity index (χ1) is 11.3.